The van der Waals surface area contributed by atoms with Gasteiger partial charge in [0.15, 0.2) is 0 Å². The molecule has 1 saturated carbocycles. The number of carbonyl (C=O) groups excluding carboxylic acids is 1. The van der Waals surface area contributed by atoms with Crippen molar-refractivity contribution in [3.63, 3.8) is 0 Å². The number of amides is 1. The summed E-state index contributed by atoms with van der Waals surface area (Å²) in [6.45, 7) is 8.84. The second-order valence-electron chi connectivity index (χ2n) is 7.80. The highest BCUT2D eigenvalue weighted by Crippen LogP contribution is 2.26. The largest absolute Gasteiger partial charge is 0.352 e. The molecule has 2 atom stereocenters. The summed E-state index contributed by atoms with van der Waals surface area (Å²) in [6, 6.07) is 8.75. The van der Waals surface area contributed by atoms with Crippen LogP contribution in [0, 0.1) is 17.8 Å². The van der Waals surface area contributed by atoms with Gasteiger partial charge < -0.3 is 5.32 Å². The van der Waals surface area contributed by atoms with Crippen molar-refractivity contribution >= 4 is 5.91 Å². The third-order valence-electron chi connectivity index (χ3n) is 5.32. The van der Waals surface area contributed by atoms with Crippen LogP contribution >= 0.6 is 0 Å². The summed E-state index contributed by atoms with van der Waals surface area (Å²) in [5.41, 5.74) is 2.57. The molecule has 0 radical (unpaired) electrons. The minimum atomic E-state index is 0.233. The molecule has 3 heteroatoms. The third-order valence-corrected chi connectivity index (χ3v) is 5.32. The van der Waals surface area contributed by atoms with Crippen molar-refractivity contribution < 1.29 is 4.79 Å². The molecule has 1 heterocycles. The fraction of sp³-hybridized carbons (Fsp3) is 0.650. The molecule has 3 nitrogen and oxygen atoms in total. The van der Waals surface area contributed by atoms with Gasteiger partial charge in [-0.25, -0.2) is 0 Å². The lowest BCUT2D eigenvalue weighted by Crippen LogP contribution is -2.38. The lowest BCUT2D eigenvalue weighted by atomic mass is 9.85. The molecule has 1 saturated heterocycles. The van der Waals surface area contributed by atoms with Crippen molar-refractivity contribution in [3.8, 4) is 0 Å². The molecule has 2 fully saturated rings. The van der Waals surface area contributed by atoms with Gasteiger partial charge in [0.25, 0.3) is 0 Å². The Kier molecular flexibility index (Phi) is 5.37. The number of piperidine rings is 1. The SMILES string of the molecule is C[C@H]1C[C@H](C)CN(Cc2ccc(CNC(=O)C3CCC3)cc2)C1. The zero-order valence-electron chi connectivity index (χ0n) is 14.6. The molecule has 0 aromatic heterocycles. The maximum atomic E-state index is 11.9. The number of rotatable bonds is 5. The van der Waals surface area contributed by atoms with Crippen LogP contribution < -0.4 is 5.32 Å². The topological polar surface area (TPSA) is 32.3 Å². The molecule has 1 aromatic rings. The van der Waals surface area contributed by atoms with Crippen LogP contribution in [-0.2, 0) is 17.9 Å². The molecule has 23 heavy (non-hydrogen) atoms. The van der Waals surface area contributed by atoms with Gasteiger partial charge in [0.1, 0.15) is 0 Å². The first-order valence-corrected chi connectivity index (χ1v) is 9.18. The predicted octanol–water partition coefficient (Wildman–Crippen LogP) is 3.58. The van der Waals surface area contributed by atoms with E-state index in [4.69, 9.17) is 0 Å². The second-order valence-corrected chi connectivity index (χ2v) is 7.80. The molecule has 1 N–H and O–H groups in total. The van der Waals surface area contributed by atoms with Gasteiger partial charge in [-0.05, 0) is 42.2 Å². The van der Waals surface area contributed by atoms with Crippen molar-refractivity contribution in [2.45, 2.75) is 52.6 Å². The molecule has 126 valence electrons. The first kappa shape index (κ1) is 16.5. The van der Waals surface area contributed by atoms with E-state index in [1.54, 1.807) is 0 Å². The Labute approximate surface area is 140 Å². The minimum absolute atomic E-state index is 0.233. The van der Waals surface area contributed by atoms with E-state index >= 15 is 0 Å². The molecule has 1 aliphatic carbocycles. The Bertz CT molecular complexity index is 511. The fourth-order valence-electron chi connectivity index (χ4n) is 3.95. The molecule has 3 rings (SSSR count). The summed E-state index contributed by atoms with van der Waals surface area (Å²) in [5.74, 6) is 2.12. The molecule has 0 bridgehead atoms. The van der Waals surface area contributed by atoms with Crippen LogP contribution in [0.1, 0.15) is 50.7 Å². The van der Waals surface area contributed by atoms with E-state index < -0.39 is 0 Å². The van der Waals surface area contributed by atoms with E-state index in [2.05, 4.69) is 48.3 Å². The average molecular weight is 314 g/mol. The van der Waals surface area contributed by atoms with E-state index in [0.717, 1.165) is 31.2 Å². The van der Waals surface area contributed by atoms with Crippen LogP contribution in [0.4, 0.5) is 0 Å². The van der Waals surface area contributed by atoms with Crippen LogP contribution in [0.25, 0.3) is 0 Å². The standard InChI is InChI=1S/C20H30N2O/c1-15-10-16(2)13-22(12-15)14-18-8-6-17(7-9-18)11-21-20(23)19-4-3-5-19/h6-9,15-16,19H,3-5,10-14H2,1-2H3,(H,21,23)/t15-,16-/m0/s1. The summed E-state index contributed by atoms with van der Waals surface area (Å²) in [6.07, 6.45) is 4.70. The summed E-state index contributed by atoms with van der Waals surface area (Å²) < 4.78 is 0. The maximum Gasteiger partial charge on any atom is 0.223 e. The van der Waals surface area contributed by atoms with Gasteiger partial charge in [0, 0.05) is 32.1 Å². The summed E-state index contributed by atoms with van der Waals surface area (Å²) in [5, 5.41) is 3.06. The van der Waals surface area contributed by atoms with Gasteiger partial charge in [-0.15, -0.1) is 0 Å². The first-order chi connectivity index (χ1) is 11.1. The van der Waals surface area contributed by atoms with Gasteiger partial charge in [-0.1, -0.05) is 44.5 Å². The predicted molar refractivity (Wildman–Crippen MR) is 93.9 cm³/mol. The molecule has 0 spiro atoms. The van der Waals surface area contributed by atoms with E-state index in [9.17, 15) is 4.79 Å². The van der Waals surface area contributed by atoms with E-state index in [1.807, 2.05) is 0 Å². The average Bonchev–Trinajstić information content (AvgIpc) is 2.43. The Hall–Kier alpha value is -1.35. The smallest absolute Gasteiger partial charge is 0.223 e. The summed E-state index contributed by atoms with van der Waals surface area (Å²) >= 11 is 0. The number of benzene rings is 1. The monoisotopic (exact) mass is 314 g/mol. The number of hydrogen-bond donors (Lipinski definition) is 1. The highest BCUT2D eigenvalue weighted by molar-refractivity contribution is 5.79. The fourth-order valence-corrected chi connectivity index (χ4v) is 3.95. The van der Waals surface area contributed by atoms with Crippen molar-refractivity contribution in [2.24, 2.45) is 17.8 Å². The number of carbonyl (C=O) groups is 1. The Morgan fingerprint density at radius 1 is 1.09 bits per heavy atom. The number of likely N-dealkylation sites (tertiary alicyclic amines) is 1. The molecule has 0 unspecified atom stereocenters. The summed E-state index contributed by atoms with van der Waals surface area (Å²) in [7, 11) is 0. The molecule has 1 aromatic carbocycles. The Balaban J connectivity index is 1.47. The van der Waals surface area contributed by atoms with Gasteiger partial charge in [-0.2, -0.15) is 0 Å². The zero-order chi connectivity index (χ0) is 16.2. The van der Waals surface area contributed by atoms with Crippen molar-refractivity contribution in [2.75, 3.05) is 13.1 Å². The summed E-state index contributed by atoms with van der Waals surface area (Å²) in [4.78, 5) is 14.4. The van der Waals surface area contributed by atoms with Crippen LogP contribution in [0.3, 0.4) is 0 Å². The van der Waals surface area contributed by atoms with Crippen molar-refractivity contribution in [3.05, 3.63) is 35.4 Å². The normalized spacial score (nSPS) is 25.8. The molecule has 1 amide bonds. The number of nitrogens with zero attached hydrogens (tertiary/aromatic N) is 1. The second kappa shape index (κ2) is 7.48. The lowest BCUT2D eigenvalue weighted by molar-refractivity contribution is -0.127. The first-order valence-electron chi connectivity index (χ1n) is 9.18. The van der Waals surface area contributed by atoms with Gasteiger partial charge in [0.05, 0.1) is 0 Å². The van der Waals surface area contributed by atoms with Crippen LogP contribution in [0.2, 0.25) is 0 Å². The van der Waals surface area contributed by atoms with E-state index in [0.29, 0.717) is 6.54 Å². The van der Waals surface area contributed by atoms with E-state index in [-0.39, 0.29) is 11.8 Å². The Morgan fingerprint density at radius 3 is 2.26 bits per heavy atom. The maximum absolute atomic E-state index is 11.9. The highest BCUT2D eigenvalue weighted by atomic mass is 16.1. The van der Waals surface area contributed by atoms with E-state index in [1.165, 1.54) is 37.1 Å². The van der Waals surface area contributed by atoms with Crippen LogP contribution in [-0.4, -0.2) is 23.9 Å². The third kappa shape index (κ3) is 4.57. The number of hydrogen-bond acceptors (Lipinski definition) is 2. The lowest BCUT2D eigenvalue weighted by Gasteiger charge is -2.35. The van der Waals surface area contributed by atoms with Gasteiger partial charge >= 0.3 is 0 Å². The quantitative estimate of drug-likeness (QED) is 0.901. The van der Waals surface area contributed by atoms with Gasteiger partial charge in [-0.3, -0.25) is 9.69 Å². The molecule has 2 aliphatic rings. The minimum Gasteiger partial charge on any atom is -0.352 e. The molecular weight excluding hydrogens is 284 g/mol. The molecular formula is C20H30N2O. The van der Waals surface area contributed by atoms with Crippen LogP contribution in [0.15, 0.2) is 24.3 Å². The van der Waals surface area contributed by atoms with Crippen molar-refractivity contribution in [1.82, 2.24) is 10.2 Å². The zero-order valence-corrected chi connectivity index (χ0v) is 14.6. The number of nitrogens with one attached hydrogen (secondary N) is 1. The van der Waals surface area contributed by atoms with Gasteiger partial charge in [0.2, 0.25) is 5.91 Å². The Morgan fingerprint density at radius 2 is 1.70 bits per heavy atom. The molecule has 1 aliphatic heterocycles. The van der Waals surface area contributed by atoms with Crippen molar-refractivity contribution in [1.29, 1.82) is 0 Å². The highest BCUT2D eigenvalue weighted by Gasteiger charge is 2.24. The van der Waals surface area contributed by atoms with Crippen LogP contribution in [0.5, 0.6) is 0 Å².